The molecule has 0 heterocycles. The van der Waals surface area contributed by atoms with E-state index in [1.807, 2.05) is 6.92 Å². The molecular weight excluding hydrogens is 226 g/mol. The maximum Gasteiger partial charge on any atom is 0.195 e. The number of ketones is 1. The van der Waals surface area contributed by atoms with Gasteiger partial charge in [0.15, 0.2) is 5.78 Å². The zero-order valence-electron chi connectivity index (χ0n) is 10.1. The zero-order valence-corrected chi connectivity index (χ0v) is 10.1. The molecule has 4 heteroatoms. The van der Waals surface area contributed by atoms with E-state index in [9.17, 15) is 4.79 Å². The van der Waals surface area contributed by atoms with E-state index in [0.717, 1.165) is 5.56 Å². The van der Waals surface area contributed by atoms with E-state index in [4.69, 9.17) is 17.2 Å². The van der Waals surface area contributed by atoms with Crippen molar-refractivity contribution >= 4 is 22.8 Å². The van der Waals surface area contributed by atoms with Crippen molar-refractivity contribution in [2.24, 2.45) is 0 Å². The summed E-state index contributed by atoms with van der Waals surface area (Å²) in [6.45, 7) is 1.84. The Labute approximate surface area is 105 Å². The quantitative estimate of drug-likeness (QED) is 0.553. The molecule has 2 rings (SSSR count). The Morgan fingerprint density at radius 2 is 1.44 bits per heavy atom. The van der Waals surface area contributed by atoms with Gasteiger partial charge in [0.25, 0.3) is 0 Å². The maximum absolute atomic E-state index is 12.3. The first kappa shape index (κ1) is 12.0. The molecule has 0 amide bonds. The van der Waals surface area contributed by atoms with Crippen molar-refractivity contribution in [1.29, 1.82) is 0 Å². The topological polar surface area (TPSA) is 95.1 Å². The summed E-state index contributed by atoms with van der Waals surface area (Å²) >= 11 is 0. The van der Waals surface area contributed by atoms with Crippen LogP contribution < -0.4 is 17.2 Å². The second-order valence-corrected chi connectivity index (χ2v) is 4.25. The van der Waals surface area contributed by atoms with Gasteiger partial charge in [0.1, 0.15) is 0 Å². The third kappa shape index (κ3) is 2.13. The Hall–Kier alpha value is -2.49. The Morgan fingerprint density at radius 3 is 2.00 bits per heavy atom. The normalized spacial score (nSPS) is 10.3. The molecule has 92 valence electrons. The summed E-state index contributed by atoms with van der Waals surface area (Å²) in [7, 11) is 0. The molecule has 0 saturated heterocycles. The first-order chi connectivity index (χ1) is 8.49. The standard InChI is InChI=1S/C14H15N3O/c1-8-6-9(15)2-4-11(8)14(18)12-5-3-10(16)7-13(12)17/h2-7H,15-17H2,1H3. The minimum Gasteiger partial charge on any atom is -0.399 e. The van der Waals surface area contributed by atoms with Crippen molar-refractivity contribution in [2.75, 3.05) is 17.2 Å². The van der Waals surface area contributed by atoms with Crippen LogP contribution in [0.15, 0.2) is 36.4 Å². The minimum absolute atomic E-state index is 0.120. The predicted molar refractivity (Wildman–Crippen MR) is 74.3 cm³/mol. The van der Waals surface area contributed by atoms with Crippen LogP contribution in [0.4, 0.5) is 17.1 Å². The van der Waals surface area contributed by atoms with Gasteiger partial charge in [0.05, 0.1) is 0 Å². The molecule has 0 unspecified atom stereocenters. The number of benzene rings is 2. The lowest BCUT2D eigenvalue weighted by molar-refractivity contribution is 0.103. The molecule has 0 spiro atoms. The summed E-state index contributed by atoms with van der Waals surface area (Å²) in [6.07, 6.45) is 0. The largest absolute Gasteiger partial charge is 0.399 e. The van der Waals surface area contributed by atoms with Crippen LogP contribution in [0.3, 0.4) is 0 Å². The van der Waals surface area contributed by atoms with Crippen molar-refractivity contribution in [3.63, 3.8) is 0 Å². The Morgan fingerprint density at radius 1 is 0.889 bits per heavy atom. The molecule has 0 aliphatic rings. The zero-order chi connectivity index (χ0) is 13.3. The first-order valence-electron chi connectivity index (χ1n) is 5.55. The molecule has 2 aromatic carbocycles. The highest BCUT2D eigenvalue weighted by atomic mass is 16.1. The fourth-order valence-corrected chi connectivity index (χ4v) is 1.87. The summed E-state index contributed by atoms with van der Waals surface area (Å²) in [4.78, 5) is 12.3. The van der Waals surface area contributed by atoms with E-state index < -0.39 is 0 Å². The fourth-order valence-electron chi connectivity index (χ4n) is 1.87. The number of carbonyl (C=O) groups is 1. The number of carbonyl (C=O) groups excluding carboxylic acids is 1. The maximum atomic E-state index is 12.3. The van der Waals surface area contributed by atoms with Gasteiger partial charge in [-0.25, -0.2) is 0 Å². The SMILES string of the molecule is Cc1cc(N)ccc1C(=O)c1ccc(N)cc1N. The van der Waals surface area contributed by atoms with Crippen LogP contribution in [0.25, 0.3) is 0 Å². The van der Waals surface area contributed by atoms with Crippen LogP contribution in [0.5, 0.6) is 0 Å². The van der Waals surface area contributed by atoms with Crippen molar-refractivity contribution in [3.05, 3.63) is 53.1 Å². The summed E-state index contributed by atoms with van der Waals surface area (Å²) in [5.74, 6) is -0.120. The second kappa shape index (κ2) is 4.41. The fraction of sp³-hybridized carbons (Fsp3) is 0.0714. The summed E-state index contributed by atoms with van der Waals surface area (Å²) in [6, 6.07) is 10.1. The van der Waals surface area contributed by atoms with Gasteiger partial charge in [0.2, 0.25) is 0 Å². The smallest absolute Gasteiger partial charge is 0.195 e. The number of hydrogen-bond donors (Lipinski definition) is 3. The summed E-state index contributed by atoms with van der Waals surface area (Å²) < 4.78 is 0. The van der Waals surface area contributed by atoms with Gasteiger partial charge in [-0.1, -0.05) is 0 Å². The van der Waals surface area contributed by atoms with E-state index in [-0.39, 0.29) is 5.78 Å². The molecule has 0 fully saturated rings. The Balaban J connectivity index is 2.48. The van der Waals surface area contributed by atoms with E-state index in [1.165, 1.54) is 0 Å². The highest BCUT2D eigenvalue weighted by Crippen LogP contribution is 2.22. The lowest BCUT2D eigenvalue weighted by Gasteiger charge is -2.08. The van der Waals surface area contributed by atoms with E-state index in [1.54, 1.807) is 36.4 Å². The van der Waals surface area contributed by atoms with E-state index >= 15 is 0 Å². The van der Waals surface area contributed by atoms with E-state index in [2.05, 4.69) is 0 Å². The summed E-state index contributed by atoms with van der Waals surface area (Å²) in [5.41, 5.74) is 20.5. The number of aryl methyl sites for hydroxylation is 1. The molecule has 2 aromatic rings. The number of rotatable bonds is 2. The van der Waals surface area contributed by atoms with Crippen LogP contribution in [0.1, 0.15) is 21.5 Å². The van der Waals surface area contributed by atoms with Crippen molar-refractivity contribution in [3.8, 4) is 0 Å². The van der Waals surface area contributed by atoms with Crippen LogP contribution in [0.2, 0.25) is 0 Å². The highest BCUT2D eigenvalue weighted by molar-refractivity contribution is 6.13. The lowest BCUT2D eigenvalue weighted by Crippen LogP contribution is -2.08. The summed E-state index contributed by atoms with van der Waals surface area (Å²) in [5, 5.41) is 0. The van der Waals surface area contributed by atoms with Gasteiger partial charge in [-0.2, -0.15) is 0 Å². The predicted octanol–water partition coefficient (Wildman–Crippen LogP) is 1.97. The van der Waals surface area contributed by atoms with Gasteiger partial charge >= 0.3 is 0 Å². The molecule has 0 aromatic heterocycles. The second-order valence-electron chi connectivity index (χ2n) is 4.25. The van der Waals surface area contributed by atoms with Crippen molar-refractivity contribution in [1.82, 2.24) is 0 Å². The van der Waals surface area contributed by atoms with Crippen LogP contribution >= 0.6 is 0 Å². The molecule has 0 bridgehead atoms. The third-order valence-corrected chi connectivity index (χ3v) is 2.82. The minimum atomic E-state index is -0.120. The van der Waals surface area contributed by atoms with Crippen LogP contribution in [0, 0.1) is 6.92 Å². The van der Waals surface area contributed by atoms with Gasteiger partial charge in [-0.15, -0.1) is 0 Å². The number of hydrogen-bond acceptors (Lipinski definition) is 4. The van der Waals surface area contributed by atoms with E-state index in [0.29, 0.717) is 28.2 Å². The average molecular weight is 241 g/mol. The third-order valence-electron chi connectivity index (χ3n) is 2.82. The van der Waals surface area contributed by atoms with Gasteiger partial charge < -0.3 is 17.2 Å². The van der Waals surface area contributed by atoms with Crippen molar-refractivity contribution in [2.45, 2.75) is 6.92 Å². The molecule has 0 aliphatic carbocycles. The van der Waals surface area contributed by atoms with Gasteiger partial charge in [-0.3, -0.25) is 4.79 Å². The number of anilines is 3. The molecule has 0 atom stereocenters. The Kier molecular flexibility index (Phi) is 2.93. The molecular formula is C14H15N3O. The average Bonchev–Trinajstić information content (AvgIpc) is 2.28. The molecule has 18 heavy (non-hydrogen) atoms. The number of nitrogen functional groups attached to an aromatic ring is 3. The van der Waals surface area contributed by atoms with Crippen LogP contribution in [-0.4, -0.2) is 5.78 Å². The van der Waals surface area contributed by atoms with Gasteiger partial charge in [-0.05, 0) is 48.9 Å². The Bertz CT molecular complexity index is 567. The molecule has 0 aliphatic heterocycles. The molecule has 0 radical (unpaired) electrons. The number of nitrogens with two attached hydrogens (primary N) is 3. The first-order valence-corrected chi connectivity index (χ1v) is 5.55. The monoisotopic (exact) mass is 241 g/mol. The molecule has 4 nitrogen and oxygen atoms in total. The molecule has 6 N–H and O–H groups in total. The van der Waals surface area contributed by atoms with Crippen LogP contribution in [-0.2, 0) is 0 Å². The lowest BCUT2D eigenvalue weighted by atomic mass is 9.97. The van der Waals surface area contributed by atoms with Crippen molar-refractivity contribution < 1.29 is 4.79 Å². The van der Waals surface area contributed by atoms with Gasteiger partial charge in [0, 0.05) is 28.2 Å². The highest BCUT2D eigenvalue weighted by Gasteiger charge is 2.14. The molecule has 0 saturated carbocycles.